The minimum atomic E-state index is -0.152. The van der Waals surface area contributed by atoms with Crippen molar-refractivity contribution < 1.29 is 19.1 Å². The molecule has 0 amide bonds. The van der Waals surface area contributed by atoms with Crippen molar-refractivity contribution in [3.8, 4) is 0 Å². The molecule has 0 aliphatic carbocycles. The first-order chi connectivity index (χ1) is 5.33. The van der Waals surface area contributed by atoms with Gasteiger partial charge in [0.25, 0.3) is 6.47 Å². The second-order valence-corrected chi connectivity index (χ2v) is 2.51. The maximum absolute atomic E-state index is 10.6. The van der Waals surface area contributed by atoms with Crippen LogP contribution in [-0.4, -0.2) is 25.7 Å². The Morgan fingerprint density at radius 1 is 1.73 bits per heavy atom. The third-order valence-corrected chi connectivity index (χ3v) is 1.65. The number of hydrogen-bond acceptors (Lipinski definition) is 4. The van der Waals surface area contributed by atoms with Crippen LogP contribution >= 0.6 is 0 Å². The standard InChI is InChI=1S/C7H10O4/c8-5-10-2-1-6-3-7(9)11-4-6/h5-6H,1-4H2/t6-/m1/s1. The predicted molar refractivity (Wildman–Crippen MR) is 35.7 cm³/mol. The Morgan fingerprint density at radius 2 is 2.55 bits per heavy atom. The molecule has 1 rings (SSSR count). The van der Waals surface area contributed by atoms with Crippen LogP contribution in [-0.2, 0) is 19.1 Å². The van der Waals surface area contributed by atoms with Gasteiger partial charge < -0.3 is 9.47 Å². The lowest BCUT2D eigenvalue weighted by Gasteiger charge is -2.02. The average molecular weight is 158 g/mol. The van der Waals surface area contributed by atoms with Gasteiger partial charge in [-0.25, -0.2) is 0 Å². The molecule has 0 N–H and O–H groups in total. The van der Waals surface area contributed by atoms with E-state index in [0.717, 1.165) is 0 Å². The van der Waals surface area contributed by atoms with Gasteiger partial charge in [0.15, 0.2) is 0 Å². The Labute approximate surface area is 64.5 Å². The largest absolute Gasteiger partial charge is 0.468 e. The van der Waals surface area contributed by atoms with E-state index in [1.54, 1.807) is 0 Å². The molecule has 11 heavy (non-hydrogen) atoms. The summed E-state index contributed by atoms with van der Waals surface area (Å²) in [7, 11) is 0. The molecule has 1 atom stereocenters. The smallest absolute Gasteiger partial charge is 0.306 e. The van der Waals surface area contributed by atoms with Gasteiger partial charge in [0.2, 0.25) is 0 Å². The highest BCUT2D eigenvalue weighted by atomic mass is 16.5. The summed E-state index contributed by atoms with van der Waals surface area (Å²) in [5, 5.41) is 0. The highest BCUT2D eigenvalue weighted by Gasteiger charge is 2.22. The van der Waals surface area contributed by atoms with Crippen molar-refractivity contribution in [1.82, 2.24) is 0 Å². The Bertz CT molecular complexity index is 155. The SMILES string of the molecule is O=COCC[C@H]1COC(=O)C1. The van der Waals surface area contributed by atoms with Gasteiger partial charge in [-0.05, 0) is 6.42 Å². The van der Waals surface area contributed by atoms with Crippen LogP contribution in [0, 0.1) is 5.92 Å². The first-order valence-corrected chi connectivity index (χ1v) is 3.54. The zero-order valence-corrected chi connectivity index (χ0v) is 6.12. The molecular formula is C7H10O4. The molecule has 0 spiro atoms. The first-order valence-electron chi connectivity index (χ1n) is 3.54. The van der Waals surface area contributed by atoms with Crippen molar-refractivity contribution in [3.63, 3.8) is 0 Å². The summed E-state index contributed by atoms with van der Waals surface area (Å²) < 4.78 is 9.20. The second-order valence-electron chi connectivity index (χ2n) is 2.51. The molecule has 1 saturated heterocycles. The van der Waals surface area contributed by atoms with Crippen LogP contribution in [0.25, 0.3) is 0 Å². The van der Waals surface area contributed by atoms with Crippen LogP contribution < -0.4 is 0 Å². The fraction of sp³-hybridized carbons (Fsp3) is 0.714. The predicted octanol–water partition coefficient (Wildman–Crippen LogP) is 0.113. The van der Waals surface area contributed by atoms with Crippen molar-refractivity contribution in [2.75, 3.05) is 13.2 Å². The van der Waals surface area contributed by atoms with Crippen molar-refractivity contribution >= 4 is 12.4 Å². The lowest BCUT2D eigenvalue weighted by atomic mass is 10.1. The highest BCUT2D eigenvalue weighted by Crippen LogP contribution is 2.16. The normalized spacial score (nSPS) is 22.9. The van der Waals surface area contributed by atoms with E-state index in [9.17, 15) is 9.59 Å². The molecule has 1 aliphatic heterocycles. The highest BCUT2D eigenvalue weighted by molar-refractivity contribution is 5.71. The number of cyclic esters (lactones) is 1. The Morgan fingerprint density at radius 3 is 3.09 bits per heavy atom. The van der Waals surface area contributed by atoms with Gasteiger partial charge in [-0.1, -0.05) is 0 Å². The molecule has 1 aliphatic rings. The zero-order chi connectivity index (χ0) is 8.10. The number of ether oxygens (including phenoxy) is 2. The second kappa shape index (κ2) is 3.95. The summed E-state index contributed by atoms with van der Waals surface area (Å²) in [6.07, 6.45) is 1.17. The van der Waals surface area contributed by atoms with Crippen molar-refractivity contribution in [1.29, 1.82) is 0 Å². The van der Waals surface area contributed by atoms with E-state index in [0.29, 0.717) is 32.5 Å². The van der Waals surface area contributed by atoms with Gasteiger partial charge in [-0.2, -0.15) is 0 Å². The average Bonchev–Trinajstić information content (AvgIpc) is 2.37. The van der Waals surface area contributed by atoms with Gasteiger partial charge >= 0.3 is 5.97 Å². The molecule has 1 fully saturated rings. The van der Waals surface area contributed by atoms with Crippen LogP contribution in [0.4, 0.5) is 0 Å². The van der Waals surface area contributed by atoms with Crippen LogP contribution in [0.5, 0.6) is 0 Å². The number of rotatable bonds is 4. The third kappa shape index (κ3) is 2.57. The summed E-state index contributed by atoms with van der Waals surface area (Å²) in [5.41, 5.74) is 0. The summed E-state index contributed by atoms with van der Waals surface area (Å²) in [6.45, 7) is 1.27. The number of carbonyl (C=O) groups is 2. The summed E-state index contributed by atoms with van der Waals surface area (Å²) in [6, 6.07) is 0. The quantitative estimate of drug-likeness (QED) is 0.331. The minimum absolute atomic E-state index is 0.152. The molecule has 0 radical (unpaired) electrons. The van der Waals surface area contributed by atoms with Crippen LogP contribution in [0.15, 0.2) is 0 Å². The van der Waals surface area contributed by atoms with Gasteiger partial charge in [0.05, 0.1) is 19.6 Å². The Balaban J connectivity index is 2.08. The molecule has 62 valence electrons. The van der Waals surface area contributed by atoms with E-state index in [1.807, 2.05) is 0 Å². The molecule has 0 bridgehead atoms. The molecule has 0 unspecified atom stereocenters. The molecule has 0 aromatic rings. The molecule has 0 aromatic carbocycles. The van der Waals surface area contributed by atoms with Gasteiger partial charge in [0, 0.05) is 5.92 Å². The van der Waals surface area contributed by atoms with Crippen molar-refractivity contribution in [3.05, 3.63) is 0 Å². The van der Waals surface area contributed by atoms with Gasteiger partial charge in [-0.15, -0.1) is 0 Å². The Hall–Kier alpha value is -1.06. The van der Waals surface area contributed by atoms with Crippen molar-refractivity contribution in [2.45, 2.75) is 12.8 Å². The number of carbonyl (C=O) groups excluding carboxylic acids is 2. The molecule has 4 heteroatoms. The maximum Gasteiger partial charge on any atom is 0.306 e. The van der Waals surface area contributed by atoms with E-state index in [1.165, 1.54) is 0 Å². The molecule has 0 saturated carbocycles. The molecule has 4 nitrogen and oxygen atoms in total. The first kappa shape index (κ1) is 8.04. The monoisotopic (exact) mass is 158 g/mol. The van der Waals surface area contributed by atoms with Crippen LogP contribution in [0.2, 0.25) is 0 Å². The number of esters is 1. The fourth-order valence-electron chi connectivity index (χ4n) is 1.03. The number of hydrogen-bond donors (Lipinski definition) is 0. The maximum atomic E-state index is 10.6. The Kier molecular flexibility index (Phi) is 2.89. The zero-order valence-electron chi connectivity index (χ0n) is 6.12. The van der Waals surface area contributed by atoms with E-state index >= 15 is 0 Å². The van der Waals surface area contributed by atoms with Crippen molar-refractivity contribution in [2.24, 2.45) is 5.92 Å². The summed E-state index contributed by atoms with van der Waals surface area (Å²) in [5.74, 6) is 0.0866. The molecule has 1 heterocycles. The van der Waals surface area contributed by atoms with E-state index < -0.39 is 0 Å². The van der Waals surface area contributed by atoms with Crippen LogP contribution in [0.3, 0.4) is 0 Å². The summed E-state index contributed by atoms with van der Waals surface area (Å²) >= 11 is 0. The van der Waals surface area contributed by atoms with Gasteiger partial charge in [0.1, 0.15) is 0 Å². The lowest BCUT2D eigenvalue weighted by Crippen LogP contribution is -2.04. The molecular weight excluding hydrogens is 148 g/mol. The van der Waals surface area contributed by atoms with E-state index in [-0.39, 0.29) is 11.9 Å². The minimum Gasteiger partial charge on any atom is -0.468 e. The van der Waals surface area contributed by atoms with E-state index in [4.69, 9.17) is 4.74 Å². The van der Waals surface area contributed by atoms with E-state index in [2.05, 4.69) is 4.74 Å². The molecule has 0 aromatic heterocycles. The topological polar surface area (TPSA) is 52.6 Å². The third-order valence-electron chi connectivity index (χ3n) is 1.65. The van der Waals surface area contributed by atoms with Crippen LogP contribution in [0.1, 0.15) is 12.8 Å². The van der Waals surface area contributed by atoms with Gasteiger partial charge in [-0.3, -0.25) is 9.59 Å². The lowest BCUT2D eigenvalue weighted by molar-refractivity contribution is -0.138. The fourth-order valence-corrected chi connectivity index (χ4v) is 1.03. The summed E-state index contributed by atoms with van der Waals surface area (Å²) in [4.78, 5) is 20.3.